The number of aryl methyl sites for hydroxylation is 1. The predicted octanol–water partition coefficient (Wildman–Crippen LogP) is 4.83. The second-order valence-electron chi connectivity index (χ2n) is 8.59. The number of rotatable bonds is 6. The number of fused-ring (bicyclic) bond motifs is 3. The maximum atomic E-state index is 14.1. The maximum Gasteiger partial charge on any atom is 0.296 e. The number of benzene rings is 3. The largest absolute Gasteiger partial charge is 0.497 e. The van der Waals surface area contributed by atoms with E-state index in [0.717, 1.165) is 10.9 Å². The van der Waals surface area contributed by atoms with Gasteiger partial charge in [0.25, 0.3) is 11.5 Å². The first-order valence-electron chi connectivity index (χ1n) is 11.6. The van der Waals surface area contributed by atoms with Crippen molar-refractivity contribution in [3.8, 4) is 22.9 Å². The number of methoxy groups -OCH3 is 3. The van der Waals surface area contributed by atoms with Gasteiger partial charge in [-0.25, -0.2) is 0 Å². The molecule has 5 aromatic rings. The fourth-order valence-electron chi connectivity index (χ4n) is 4.62. The van der Waals surface area contributed by atoms with Crippen molar-refractivity contribution in [3.05, 3.63) is 81.7 Å². The molecule has 38 heavy (non-hydrogen) atoms. The summed E-state index contributed by atoms with van der Waals surface area (Å²) in [6.07, 6.45) is 0. The Kier molecular flexibility index (Phi) is 6.46. The van der Waals surface area contributed by atoms with Crippen LogP contribution in [0.4, 0.5) is 5.69 Å². The highest BCUT2D eigenvalue weighted by molar-refractivity contribution is 6.32. The first-order valence-corrected chi connectivity index (χ1v) is 12.0. The molecular weight excluding hydrogens is 508 g/mol. The Morgan fingerprint density at radius 1 is 0.947 bits per heavy atom. The van der Waals surface area contributed by atoms with E-state index in [9.17, 15) is 9.59 Å². The van der Waals surface area contributed by atoms with Crippen LogP contribution in [0.2, 0.25) is 5.02 Å². The molecule has 3 aromatic carbocycles. The highest BCUT2D eigenvalue weighted by Crippen LogP contribution is 2.34. The Morgan fingerprint density at radius 2 is 1.68 bits per heavy atom. The molecule has 0 fully saturated rings. The van der Waals surface area contributed by atoms with Gasteiger partial charge < -0.3 is 23.7 Å². The van der Waals surface area contributed by atoms with Crippen LogP contribution >= 0.6 is 11.6 Å². The zero-order valence-electron chi connectivity index (χ0n) is 21.5. The number of ether oxygens (including phenoxy) is 3. The number of carbonyl (C=O) groups excluding carboxylic acids is 1. The summed E-state index contributed by atoms with van der Waals surface area (Å²) in [7, 11) is 8.00. The molecule has 0 aliphatic rings. The van der Waals surface area contributed by atoms with Crippen LogP contribution in [-0.4, -0.2) is 48.6 Å². The average Bonchev–Trinajstić information content (AvgIpc) is 3.25. The Labute approximate surface area is 223 Å². The van der Waals surface area contributed by atoms with Crippen molar-refractivity contribution in [1.82, 2.24) is 14.3 Å². The summed E-state index contributed by atoms with van der Waals surface area (Å²) < 4.78 is 19.0. The molecule has 2 heterocycles. The van der Waals surface area contributed by atoms with Gasteiger partial charge in [-0.15, -0.1) is 0 Å². The highest BCUT2D eigenvalue weighted by Gasteiger charge is 2.27. The summed E-state index contributed by atoms with van der Waals surface area (Å²) in [5, 5.41) is 6.12. The van der Waals surface area contributed by atoms with Crippen LogP contribution < -0.4 is 24.7 Å². The Balaban J connectivity index is 1.80. The van der Waals surface area contributed by atoms with E-state index in [-0.39, 0.29) is 11.3 Å². The third-order valence-electron chi connectivity index (χ3n) is 6.57. The minimum absolute atomic E-state index is 0.101. The van der Waals surface area contributed by atoms with E-state index in [2.05, 4.69) is 5.10 Å². The number of amides is 1. The van der Waals surface area contributed by atoms with E-state index in [0.29, 0.717) is 44.5 Å². The Hall–Kier alpha value is -4.50. The number of carbonyl (C=O) groups is 1. The monoisotopic (exact) mass is 532 g/mol. The molecule has 0 spiro atoms. The molecule has 0 N–H and O–H groups in total. The van der Waals surface area contributed by atoms with Crippen molar-refractivity contribution >= 4 is 45.0 Å². The zero-order chi connectivity index (χ0) is 27.1. The summed E-state index contributed by atoms with van der Waals surface area (Å²) in [4.78, 5) is 29.4. The van der Waals surface area contributed by atoms with E-state index in [4.69, 9.17) is 25.8 Å². The Bertz CT molecular complexity index is 1780. The fourth-order valence-corrected chi connectivity index (χ4v) is 4.87. The molecule has 5 rings (SSSR count). The lowest BCUT2D eigenvalue weighted by Crippen LogP contribution is -2.32. The third-order valence-corrected chi connectivity index (χ3v) is 6.87. The third kappa shape index (κ3) is 3.92. The number of aromatic nitrogens is 3. The number of hydrogen-bond acceptors (Lipinski definition) is 6. The van der Waals surface area contributed by atoms with Crippen molar-refractivity contribution in [2.24, 2.45) is 7.05 Å². The number of hydrogen-bond donors (Lipinski definition) is 0. The summed E-state index contributed by atoms with van der Waals surface area (Å²) in [5.74, 6) is 1.07. The number of anilines is 1. The van der Waals surface area contributed by atoms with Crippen LogP contribution in [0, 0.1) is 0 Å². The van der Waals surface area contributed by atoms with Gasteiger partial charge in [0.15, 0.2) is 5.69 Å². The SMILES string of the molecule is COc1ccc(N(C)C(=O)c2nn(-c3ccc(OC)c(Cl)c3)c(=O)c3c2c2ccccc2n3C)c(OC)c1. The second-order valence-corrected chi connectivity index (χ2v) is 8.99. The van der Waals surface area contributed by atoms with Crippen molar-refractivity contribution in [2.75, 3.05) is 33.3 Å². The average molecular weight is 533 g/mol. The standard InChI is InChI=1S/C28H25ClN4O5/c1-31-20-9-7-6-8-18(20)24-25(27(34)32(2)21-12-11-17(36-3)15-23(21)38-5)30-33(28(35)26(24)31)16-10-13-22(37-4)19(29)14-16/h6-15H,1-5H3. The minimum atomic E-state index is -0.428. The second kappa shape index (κ2) is 9.75. The number of para-hydroxylation sites is 1. The molecule has 0 aliphatic carbocycles. The van der Waals surface area contributed by atoms with Crippen LogP contribution in [0.3, 0.4) is 0 Å². The van der Waals surface area contributed by atoms with E-state index >= 15 is 0 Å². The maximum absolute atomic E-state index is 14.1. The first kappa shape index (κ1) is 25.2. The lowest BCUT2D eigenvalue weighted by Gasteiger charge is -2.21. The summed E-state index contributed by atoms with van der Waals surface area (Å²) in [5.41, 5.74) is 1.76. The highest BCUT2D eigenvalue weighted by atomic mass is 35.5. The lowest BCUT2D eigenvalue weighted by molar-refractivity contribution is 0.0988. The van der Waals surface area contributed by atoms with Crippen LogP contribution in [0.5, 0.6) is 17.2 Å². The summed E-state index contributed by atoms with van der Waals surface area (Å²) in [6.45, 7) is 0. The van der Waals surface area contributed by atoms with Crippen LogP contribution in [0.15, 0.2) is 65.5 Å². The summed E-state index contributed by atoms with van der Waals surface area (Å²) >= 11 is 6.36. The predicted molar refractivity (Wildman–Crippen MR) is 148 cm³/mol. The van der Waals surface area contributed by atoms with Gasteiger partial charge in [0, 0.05) is 36.5 Å². The van der Waals surface area contributed by atoms with Crippen LogP contribution in [0.1, 0.15) is 10.5 Å². The fraction of sp³-hybridized carbons (Fsp3) is 0.179. The van der Waals surface area contributed by atoms with Gasteiger partial charge in [0.1, 0.15) is 22.8 Å². The molecule has 10 heteroatoms. The first-order chi connectivity index (χ1) is 18.3. The molecule has 0 unspecified atom stereocenters. The van der Waals surface area contributed by atoms with Crippen LogP contribution in [-0.2, 0) is 7.05 Å². The van der Waals surface area contributed by atoms with E-state index in [1.807, 2.05) is 24.3 Å². The molecule has 0 saturated heterocycles. The van der Waals surface area contributed by atoms with E-state index < -0.39 is 5.91 Å². The molecule has 9 nitrogen and oxygen atoms in total. The van der Waals surface area contributed by atoms with Crippen molar-refractivity contribution in [3.63, 3.8) is 0 Å². The molecule has 0 saturated carbocycles. The zero-order valence-corrected chi connectivity index (χ0v) is 22.2. The van der Waals surface area contributed by atoms with E-state index in [1.165, 1.54) is 23.8 Å². The number of halogens is 1. The molecule has 0 bridgehead atoms. The summed E-state index contributed by atoms with van der Waals surface area (Å²) in [6, 6.07) is 17.6. The molecule has 0 atom stereocenters. The smallest absolute Gasteiger partial charge is 0.296 e. The van der Waals surface area contributed by atoms with Crippen LogP contribution in [0.25, 0.3) is 27.5 Å². The van der Waals surface area contributed by atoms with Crippen molar-refractivity contribution < 1.29 is 19.0 Å². The minimum Gasteiger partial charge on any atom is -0.497 e. The Morgan fingerprint density at radius 3 is 2.37 bits per heavy atom. The quantitative estimate of drug-likeness (QED) is 0.311. The normalized spacial score (nSPS) is 11.1. The molecule has 194 valence electrons. The van der Waals surface area contributed by atoms with Gasteiger partial charge in [-0.1, -0.05) is 29.8 Å². The van der Waals surface area contributed by atoms with E-state index in [1.54, 1.807) is 62.2 Å². The molecule has 2 aromatic heterocycles. The van der Waals surface area contributed by atoms with Gasteiger partial charge >= 0.3 is 0 Å². The van der Waals surface area contributed by atoms with Crippen molar-refractivity contribution in [2.45, 2.75) is 0 Å². The van der Waals surface area contributed by atoms with Gasteiger partial charge in [-0.3, -0.25) is 9.59 Å². The number of nitrogens with zero attached hydrogens (tertiary/aromatic N) is 4. The molecule has 1 amide bonds. The van der Waals surface area contributed by atoms with Gasteiger partial charge in [0.2, 0.25) is 0 Å². The van der Waals surface area contributed by atoms with Gasteiger partial charge in [0.05, 0.1) is 37.7 Å². The molecule has 0 aliphatic heterocycles. The lowest BCUT2D eigenvalue weighted by atomic mass is 10.1. The topological polar surface area (TPSA) is 87.8 Å². The van der Waals surface area contributed by atoms with Crippen molar-refractivity contribution in [1.29, 1.82) is 0 Å². The molecule has 0 radical (unpaired) electrons. The van der Waals surface area contributed by atoms with Gasteiger partial charge in [-0.05, 0) is 36.4 Å². The van der Waals surface area contributed by atoms with Gasteiger partial charge in [-0.2, -0.15) is 9.78 Å². The molecular formula is C28H25ClN4O5.